The molecule has 1 N–H and O–H groups in total. The van der Waals surface area contributed by atoms with Crippen LogP contribution in [-0.2, 0) is 10.0 Å². The topological polar surface area (TPSA) is 69.7 Å². The molecule has 0 aromatic heterocycles. The van der Waals surface area contributed by atoms with Crippen LogP contribution >= 0.6 is 11.6 Å². The van der Waals surface area contributed by atoms with Gasteiger partial charge in [-0.2, -0.15) is 4.31 Å². The smallest absolute Gasteiger partial charge is 0.255 e. The van der Waals surface area contributed by atoms with E-state index in [0.29, 0.717) is 36.9 Å². The van der Waals surface area contributed by atoms with Gasteiger partial charge in [0.1, 0.15) is 5.82 Å². The lowest BCUT2D eigenvalue weighted by molar-refractivity contribution is 0.102. The van der Waals surface area contributed by atoms with E-state index in [1.807, 2.05) is 4.90 Å². The van der Waals surface area contributed by atoms with E-state index in [2.05, 4.69) is 5.32 Å². The molecular formula is C23H21ClFN3O3S. The second kappa shape index (κ2) is 9.28. The van der Waals surface area contributed by atoms with Crippen molar-refractivity contribution in [3.63, 3.8) is 0 Å². The fourth-order valence-corrected chi connectivity index (χ4v) is 5.12. The Morgan fingerprint density at radius 3 is 2.22 bits per heavy atom. The van der Waals surface area contributed by atoms with Crippen molar-refractivity contribution in [2.75, 3.05) is 36.4 Å². The number of nitrogens with zero attached hydrogens (tertiary/aromatic N) is 2. The molecule has 166 valence electrons. The van der Waals surface area contributed by atoms with Crippen LogP contribution in [0, 0.1) is 5.82 Å². The highest BCUT2D eigenvalue weighted by molar-refractivity contribution is 7.89. The Labute approximate surface area is 191 Å². The molecule has 0 bridgehead atoms. The van der Waals surface area contributed by atoms with Crippen LogP contribution in [0.3, 0.4) is 0 Å². The first kappa shape index (κ1) is 22.3. The molecule has 1 aliphatic heterocycles. The normalized spacial score (nSPS) is 14.9. The number of nitrogens with one attached hydrogen (secondary N) is 1. The summed E-state index contributed by atoms with van der Waals surface area (Å²) in [5.74, 6) is -0.722. The van der Waals surface area contributed by atoms with Crippen molar-refractivity contribution in [2.45, 2.75) is 4.90 Å². The maximum atomic E-state index is 13.2. The van der Waals surface area contributed by atoms with Crippen molar-refractivity contribution in [3.8, 4) is 0 Å². The third kappa shape index (κ3) is 4.93. The van der Waals surface area contributed by atoms with Crippen molar-refractivity contribution in [2.24, 2.45) is 0 Å². The third-order valence-corrected chi connectivity index (χ3v) is 7.41. The minimum atomic E-state index is -3.76. The molecule has 0 unspecified atom stereocenters. The van der Waals surface area contributed by atoms with Gasteiger partial charge in [0.25, 0.3) is 5.91 Å². The van der Waals surface area contributed by atoms with Gasteiger partial charge in [-0.15, -0.1) is 0 Å². The third-order valence-electron chi connectivity index (χ3n) is 5.27. The van der Waals surface area contributed by atoms with Crippen LogP contribution < -0.4 is 10.2 Å². The first-order valence-electron chi connectivity index (χ1n) is 10.0. The first-order valence-corrected chi connectivity index (χ1v) is 11.8. The average molecular weight is 474 g/mol. The van der Waals surface area contributed by atoms with Crippen molar-refractivity contribution >= 4 is 38.9 Å². The number of piperazine rings is 1. The van der Waals surface area contributed by atoms with Crippen LogP contribution in [0.1, 0.15) is 10.4 Å². The van der Waals surface area contributed by atoms with Gasteiger partial charge >= 0.3 is 0 Å². The van der Waals surface area contributed by atoms with E-state index >= 15 is 0 Å². The summed E-state index contributed by atoms with van der Waals surface area (Å²) in [6, 6.07) is 18.8. The molecule has 1 heterocycles. The molecule has 0 radical (unpaired) electrons. The predicted octanol–water partition coefficient (Wildman–Crippen LogP) is 4.24. The number of carbonyl (C=O) groups is 1. The largest absolute Gasteiger partial charge is 0.369 e. The van der Waals surface area contributed by atoms with Gasteiger partial charge in [0.15, 0.2) is 0 Å². The Morgan fingerprint density at radius 2 is 1.56 bits per heavy atom. The molecule has 32 heavy (non-hydrogen) atoms. The van der Waals surface area contributed by atoms with Crippen LogP contribution in [-0.4, -0.2) is 44.8 Å². The Morgan fingerprint density at radius 1 is 0.906 bits per heavy atom. The highest BCUT2D eigenvalue weighted by atomic mass is 35.5. The average Bonchev–Trinajstić information content (AvgIpc) is 2.81. The number of hydrogen-bond acceptors (Lipinski definition) is 4. The first-order chi connectivity index (χ1) is 15.3. The standard InChI is InChI=1S/C23H21ClFN3O3S/c24-18-4-8-20(9-5-18)26-23(29)17-2-1-3-22(16-17)32(30,31)28-14-12-27(13-15-28)21-10-6-19(25)7-11-21/h1-11,16H,12-15H2,(H,26,29). The van der Waals surface area contributed by atoms with Gasteiger partial charge in [-0.25, -0.2) is 12.8 Å². The number of halogens is 2. The van der Waals surface area contributed by atoms with Crippen LogP contribution in [0.25, 0.3) is 0 Å². The number of anilines is 2. The van der Waals surface area contributed by atoms with Gasteiger partial charge in [-0.1, -0.05) is 17.7 Å². The Balaban J connectivity index is 1.45. The fourth-order valence-electron chi connectivity index (χ4n) is 3.52. The van der Waals surface area contributed by atoms with E-state index in [-0.39, 0.29) is 16.3 Å². The molecule has 0 spiro atoms. The number of sulfonamides is 1. The van der Waals surface area contributed by atoms with E-state index < -0.39 is 15.9 Å². The van der Waals surface area contributed by atoms with E-state index in [4.69, 9.17) is 11.6 Å². The van der Waals surface area contributed by atoms with Gasteiger partial charge < -0.3 is 10.2 Å². The summed E-state index contributed by atoms with van der Waals surface area (Å²) in [5.41, 5.74) is 1.65. The van der Waals surface area contributed by atoms with Crippen LogP contribution in [0.15, 0.2) is 77.7 Å². The monoisotopic (exact) mass is 473 g/mol. The summed E-state index contributed by atoms with van der Waals surface area (Å²) in [5, 5.41) is 3.28. The number of hydrogen-bond donors (Lipinski definition) is 1. The molecule has 9 heteroatoms. The zero-order valence-electron chi connectivity index (χ0n) is 17.0. The highest BCUT2D eigenvalue weighted by Gasteiger charge is 2.29. The number of amides is 1. The molecule has 4 rings (SSSR count). The summed E-state index contributed by atoms with van der Waals surface area (Å²) in [7, 11) is -3.76. The van der Waals surface area contributed by atoms with Crippen molar-refractivity contribution in [1.82, 2.24) is 4.31 Å². The van der Waals surface area contributed by atoms with Crippen molar-refractivity contribution in [3.05, 3.63) is 89.2 Å². The second-order valence-electron chi connectivity index (χ2n) is 7.36. The summed E-state index contributed by atoms with van der Waals surface area (Å²) < 4.78 is 40.9. The van der Waals surface area contributed by atoms with Gasteiger partial charge in [-0.3, -0.25) is 4.79 Å². The molecule has 1 aliphatic rings. The highest BCUT2D eigenvalue weighted by Crippen LogP contribution is 2.23. The minimum absolute atomic E-state index is 0.0662. The molecule has 1 saturated heterocycles. The SMILES string of the molecule is O=C(Nc1ccc(Cl)cc1)c1cccc(S(=O)(=O)N2CCN(c3ccc(F)cc3)CC2)c1. The number of carbonyl (C=O) groups excluding carboxylic acids is 1. The molecule has 6 nitrogen and oxygen atoms in total. The van der Waals surface area contributed by atoms with Gasteiger partial charge in [-0.05, 0) is 66.7 Å². The minimum Gasteiger partial charge on any atom is -0.369 e. The summed E-state index contributed by atoms with van der Waals surface area (Å²) in [4.78, 5) is 14.7. The van der Waals surface area contributed by atoms with E-state index in [1.165, 1.54) is 28.6 Å². The van der Waals surface area contributed by atoms with E-state index in [0.717, 1.165) is 5.69 Å². The molecule has 3 aromatic carbocycles. The number of rotatable bonds is 5. The Kier molecular flexibility index (Phi) is 6.45. The predicted molar refractivity (Wildman–Crippen MR) is 123 cm³/mol. The molecule has 0 atom stereocenters. The lowest BCUT2D eigenvalue weighted by atomic mass is 10.2. The zero-order chi connectivity index (χ0) is 22.7. The van der Waals surface area contributed by atoms with Crippen molar-refractivity contribution < 1.29 is 17.6 Å². The molecular weight excluding hydrogens is 453 g/mol. The Bertz CT molecular complexity index is 1210. The van der Waals surface area contributed by atoms with Crippen LogP contribution in [0.2, 0.25) is 5.02 Å². The quantitative estimate of drug-likeness (QED) is 0.601. The summed E-state index contributed by atoms with van der Waals surface area (Å²) >= 11 is 5.86. The summed E-state index contributed by atoms with van der Waals surface area (Å²) in [6.45, 7) is 1.56. The summed E-state index contributed by atoms with van der Waals surface area (Å²) in [6.07, 6.45) is 0. The van der Waals surface area contributed by atoms with Crippen molar-refractivity contribution in [1.29, 1.82) is 0 Å². The van der Waals surface area contributed by atoms with Crippen LogP contribution in [0.5, 0.6) is 0 Å². The maximum absolute atomic E-state index is 13.2. The second-order valence-corrected chi connectivity index (χ2v) is 9.73. The lowest BCUT2D eigenvalue weighted by Gasteiger charge is -2.35. The maximum Gasteiger partial charge on any atom is 0.255 e. The Hall–Kier alpha value is -2.94. The van der Waals surface area contributed by atoms with Crippen LogP contribution in [0.4, 0.5) is 15.8 Å². The van der Waals surface area contributed by atoms with Gasteiger partial charge in [0, 0.05) is 48.1 Å². The molecule has 3 aromatic rings. The zero-order valence-corrected chi connectivity index (χ0v) is 18.6. The fraction of sp³-hybridized carbons (Fsp3) is 0.174. The molecule has 0 aliphatic carbocycles. The van der Waals surface area contributed by atoms with E-state index in [1.54, 1.807) is 48.5 Å². The molecule has 1 fully saturated rings. The molecule has 1 amide bonds. The number of benzene rings is 3. The van der Waals surface area contributed by atoms with E-state index in [9.17, 15) is 17.6 Å². The lowest BCUT2D eigenvalue weighted by Crippen LogP contribution is -2.48. The van der Waals surface area contributed by atoms with Gasteiger partial charge in [0.2, 0.25) is 10.0 Å². The van der Waals surface area contributed by atoms with Gasteiger partial charge in [0.05, 0.1) is 4.90 Å². The molecule has 0 saturated carbocycles.